The Bertz CT molecular complexity index is 1040. The average molecular weight is 600 g/mol. The zero-order valence-electron chi connectivity index (χ0n) is 23.0. The van der Waals surface area contributed by atoms with Gasteiger partial charge in [0.15, 0.2) is 10.6 Å². The molecule has 0 aliphatic carbocycles. The van der Waals surface area contributed by atoms with E-state index >= 15 is 0 Å². The van der Waals surface area contributed by atoms with Crippen molar-refractivity contribution in [1.29, 1.82) is 0 Å². The van der Waals surface area contributed by atoms with E-state index in [1.165, 1.54) is 0 Å². The summed E-state index contributed by atoms with van der Waals surface area (Å²) in [5.41, 5.74) is 0.598. The SMILES string of the molecule is CC(C)(CCCCCSCCCCCC(C)(c1ccccc1)S(=O)(=O)O)S(N=O)(N=O)N=O.c1ccccc1. The molecular formula is C27H41N3O6S3. The molecule has 0 heterocycles. The molecule has 0 spiro atoms. The zero-order valence-corrected chi connectivity index (χ0v) is 25.4. The van der Waals surface area contributed by atoms with Crippen molar-refractivity contribution in [2.45, 2.75) is 81.6 Å². The number of unbranched alkanes of at least 4 members (excludes halogenated alkanes) is 4. The number of thioether (sulfide) groups is 1. The molecule has 1 atom stereocenters. The molecule has 9 nitrogen and oxygen atoms in total. The molecule has 39 heavy (non-hydrogen) atoms. The van der Waals surface area contributed by atoms with E-state index in [4.69, 9.17) is 0 Å². The predicted molar refractivity (Wildman–Crippen MR) is 165 cm³/mol. The van der Waals surface area contributed by atoms with Gasteiger partial charge in [-0.25, -0.2) is 0 Å². The van der Waals surface area contributed by atoms with Crippen molar-refractivity contribution in [1.82, 2.24) is 0 Å². The van der Waals surface area contributed by atoms with Crippen LogP contribution < -0.4 is 0 Å². The molecule has 0 fully saturated rings. The van der Waals surface area contributed by atoms with Crippen molar-refractivity contribution in [2.24, 2.45) is 13.7 Å². The molecule has 0 saturated heterocycles. The Morgan fingerprint density at radius 3 is 1.49 bits per heavy atom. The molecular weight excluding hydrogens is 559 g/mol. The third-order valence-corrected chi connectivity index (χ3v) is 11.7. The highest BCUT2D eigenvalue weighted by atomic mass is 32.3. The van der Waals surface area contributed by atoms with Crippen LogP contribution in [0.25, 0.3) is 0 Å². The van der Waals surface area contributed by atoms with Crippen molar-refractivity contribution in [2.75, 3.05) is 11.5 Å². The van der Waals surface area contributed by atoms with E-state index in [2.05, 4.69) is 13.7 Å². The fraction of sp³-hybridized carbons (Fsp3) is 0.556. The fourth-order valence-electron chi connectivity index (χ4n) is 3.96. The predicted octanol–water partition coefficient (Wildman–Crippen LogP) is 8.96. The largest absolute Gasteiger partial charge is 0.285 e. The van der Waals surface area contributed by atoms with Gasteiger partial charge in [0.1, 0.15) is 4.75 Å². The van der Waals surface area contributed by atoms with Crippen molar-refractivity contribution in [3.8, 4) is 0 Å². The monoisotopic (exact) mass is 599 g/mol. The Labute approximate surface area is 238 Å². The molecule has 2 aromatic carbocycles. The maximum absolute atomic E-state index is 12.0. The number of hydrogen-bond acceptors (Lipinski definition) is 9. The maximum Gasteiger partial charge on any atom is 0.274 e. The molecule has 218 valence electrons. The van der Waals surface area contributed by atoms with E-state index in [1.54, 1.807) is 45.0 Å². The number of hydrogen-bond donors (Lipinski definition) is 1. The summed E-state index contributed by atoms with van der Waals surface area (Å²) in [5.74, 6) is 1.93. The van der Waals surface area contributed by atoms with Gasteiger partial charge in [-0.3, -0.25) is 4.55 Å². The van der Waals surface area contributed by atoms with Gasteiger partial charge in [0.05, 0.1) is 4.75 Å². The number of rotatable bonds is 18. The summed E-state index contributed by atoms with van der Waals surface area (Å²) in [7, 11) is -7.51. The highest BCUT2D eigenvalue weighted by Gasteiger charge is 2.46. The molecule has 0 aromatic heterocycles. The summed E-state index contributed by atoms with van der Waals surface area (Å²) in [6.07, 6.45) is 5.98. The quantitative estimate of drug-likeness (QED) is 0.102. The van der Waals surface area contributed by atoms with Crippen LogP contribution in [0.4, 0.5) is 0 Å². The van der Waals surface area contributed by atoms with E-state index in [0.717, 1.165) is 43.6 Å². The molecule has 0 aliphatic heterocycles. The second-order valence-corrected chi connectivity index (χ2v) is 15.6. The number of nitrogens with zero attached hydrogens (tertiary/aromatic N) is 3. The standard InChI is InChI=1S/C21H35N3O6S3.C6H6/c1-20(2,32(22-25,23-26)24-27)15-9-5-11-17-31-18-12-6-10-16-21(3,33(28,29)30)19-13-7-4-8-14-19;1-2-4-6-5-3-1/h4,7-8,13-14H,5-6,9-12,15-18H2,1-3H3,(H,28,29,30);1-6H. The molecule has 0 amide bonds. The lowest BCUT2D eigenvalue weighted by molar-refractivity contribution is 0.416. The zero-order chi connectivity index (χ0) is 29.3. The lowest BCUT2D eigenvalue weighted by Gasteiger charge is -2.32. The highest BCUT2D eigenvalue weighted by Crippen LogP contribution is 2.64. The summed E-state index contributed by atoms with van der Waals surface area (Å²) < 4.78 is 39.5. The third kappa shape index (κ3) is 11.1. The van der Waals surface area contributed by atoms with Crippen molar-refractivity contribution in [3.05, 3.63) is 87.0 Å². The summed E-state index contributed by atoms with van der Waals surface area (Å²) in [6, 6.07) is 20.8. The van der Waals surface area contributed by atoms with Crippen LogP contribution in [0.1, 0.15) is 77.7 Å². The van der Waals surface area contributed by atoms with Gasteiger partial charge in [0, 0.05) is 13.7 Å². The topological polar surface area (TPSA) is 143 Å². The van der Waals surface area contributed by atoms with Crippen LogP contribution in [0.2, 0.25) is 0 Å². The van der Waals surface area contributed by atoms with Crippen molar-refractivity contribution in [3.63, 3.8) is 0 Å². The minimum Gasteiger partial charge on any atom is -0.285 e. The smallest absolute Gasteiger partial charge is 0.274 e. The average Bonchev–Trinajstić information content (AvgIpc) is 2.94. The van der Waals surface area contributed by atoms with Gasteiger partial charge in [-0.2, -0.15) is 20.2 Å². The summed E-state index contributed by atoms with van der Waals surface area (Å²) in [6.45, 7) is 4.83. The Morgan fingerprint density at radius 2 is 1.08 bits per heavy atom. The van der Waals surface area contributed by atoms with Crippen LogP contribution in [0.3, 0.4) is 0 Å². The van der Waals surface area contributed by atoms with Gasteiger partial charge in [0.25, 0.3) is 10.1 Å². The molecule has 0 radical (unpaired) electrons. The number of benzene rings is 2. The van der Waals surface area contributed by atoms with Crippen LogP contribution in [-0.2, 0) is 14.9 Å². The summed E-state index contributed by atoms with van der Waals surface area (Å²) in [4.78, 5) is 32.8. The van der Waals surface area contributed by atoms with Gasteiger partial charge >= 0.3 is 0 Å². The van der Waals surface area contributed by atoms with E-state index in [0.29, 0.717) is 24.8 Å². The first kappa shape index (κ1) is 34.9. The second kappa shape index (κ2) is 17.5. The first-order valence-corrected chi connectivity index (χ1v) is 17.1. The minimum absolute atomic E-state index is 0.362. The van der Waals surface area contributed by atoms with Crippen molar-refractivity contribution >= 4 is 32.5 Å². The highest BCUT2D eigenvalue weighted by molar-refractivity contribution is 8.31. The first-order valence-electron chi connectivity index (χ1n) is 13.0. The van der Waals surface area contributed by atoms with Gasteiger partial charge < -0.3 is 0 Å². The van der Waals surface area contributed by atoms with E-state index < -0.39 is 30.2 Å². The van der Waals surface area contributed by atoms with Crippen LogP contribution in [0.5, 0.6) is 0 Å². The molecule has 0 bridgehead atoms. The molecule has 0 aliphatic rings. The van der Waals surface area contributed by atoms with Crippen LogP contribution in [-0.4, -0.2) is 29.2 Å². The number of nitroso groups, excluding NO2 is 3. The maximum atomic E-state index is 12.0. The molecule has 1 N–H and O–H groups in total. The Hall–Kier alpha value is -2.15. The summed E-state index contributed by atoms with van der Waals surface area (Å²) in [5, 5.41) is 0. The molecule has 1 unspecified atom stereocenters. The van der Waals surface area contributed by atoms with E-state index in [9.17, 15) is 27.7 Å². The van der Waals surface area contributed by atoms with E-state index in [-0.39, 0.29) is 0 Å². The fourth-order valence-corrected chi connectivity index (χ4v) is 6.92. The lowest BCUT2D eigenvalue weighted by Crippen LogP contribution is -2.32. The minimum atomic E-state index is -4.23. The Kier molecular flexibility index (Phi) is 15.7. The normalized spacial score (nSPS) is 13.8. The van der Waals surface area contributed by atoms with Gasteiger partial charge in [-0.15, -0.1) is 14.7 Å². The molecule has 2 rings (SSSR count). The first-order chi connectivity index (χ1) is 18.5. The van der Waals surface area contributed by atoms with Gasteiger partial charge in [-0.1, -0.05) is 92.4 Å². The Morgan fingerprint density at radius 1 is 0.667 bits per heavy atom. The van der Waals surface area contributed by atoms with E-state index in [1.807, 2.05) is 54.2 Å². The van der Waals surface area contributed by atoms with Crippen LogP contribution >= 0.6 is 22.3 Å². The molecule has 2 aromatic rings. The third-order valence-electron chi connectivity index (χ3n) is 6.68. The lowest BCUT2D eigenvalue weighted by atomic mass is 9.94. The van der Waals surface area contributed by atoms with Gasteiger partial charge in [0.2, 0.25) is 0 Å². The van der Waals surface area contributed by atoms with Crippen LogP contribution in [0, 0.1) is 14.7 Å². The molecule has 12 heteroatoms. The summed E-state index contributed by atoms with van der Waals surface area (Å²) >= 11 is 1.82. The van der Waals surface area contributed by atoms with Gasteiger partial charge in [-0.05, 0) is 63.5 Å². The molecule has 0 saturated carbocycles. The Balaban J connectivity index is 0.00000111. The van der Waals surface area contributed by atoms with Crippen molar-refractivity contribution < 1.29 is 13.0 Å². The second-order valence-electron chi connectivity index (χ2n) is 9.96. The van der Waals surface area contributed by atoms with Crippen LogP contribution in [0.15, 0.2) is 80.5 Å².